The van der Waals surface area contributed by atoms with E-state index in [0.29, 0.717) is 29.3 Å². The van der Waals surface area contributed by atoms with Gasteiger partial charge in [-0.25, -0.2) is 19.3 Å². The topological polar surface area (TPSA) is 75.0 Å². The van der Waals surface area contributed by atoms with Crippen LogP contribution in [0.15, 0.2) is 36.5 Å². The van der Waals surface area contributed by atoms with E-state index in [2.05, 4.69) is 57.1 Å². The summed E-state index contributed by atoms with van der Waals surface area (Å²) >= 11 is 0. The van der Waals surface area contributed by atoms with Gasteiger partial charge in [0.05, 0.1) is 11.7 Å². The van der Waals surface area contributed by atoms with Crippen molar-refractivity contribution in [1.29, 1.82) is 0 Å². The van der Waals surface area contributed by atoms with Crippen molar-refractivity contribution in [3.63, 3.8) is 0 Å². The number of aromatic nitrogens is 5. The highest BCUT2D eigenvalue weighted by atomic mass is 19.1. The monoisotopic (exact) mass is 500 g/mol. The van der Waals surface area contributed by atoms with Crippen LogP contribution < -0.4 is 5.32 Å². The Labute approximate surface area is 216 Å². The first-order valence-corrected chi connectivity index (χ1v) is 13.0. The van der Waals surface area contributed by atoms with E-state index in [9.17, 15) is 4.39 Å². The molecule has 37 heavy (non-hydrogen) atoms. The van der Waals surface area contributed by atoms with Crippen molar-refractivity contribution in [2.45, 2.75) is 45.2 Å². The Balaban J connectivity index is 1.24. The van der Waals surface area contributed by atoms with Crippen LogP contribution in [0.4, 0.5) is 16.2 Å². The lowest BCUT2D eigenvalue weighted by Gasteiger charge is -2.33. The molecule has 0 aliphatic carbocycles. The molecule has 0 spiro atoms. The summed E-state index contributed by atoms with van der Waals surface area (Å²) in [5.41, 5.74) is 5.34. The summed E-state index contributed by atoms with van der Waals surface area (Å²) in [7, 11) is 4.14. The van der Waals surface area contributed by atoms with Crippen LogP contribution >= 0.6 is 0 Å². The van der Waals surface area contributed by atoms with Gasteiger partial charge in [0.2, 0.25) is 5.95 Å². The minimum absolute atomic E-state index is 0.257. The van der Waals surface area contributed by atoms with Gasteiger partial charge in [-0.2, -0.15) is 5.10 Å². The fourth-order valence-electron chi connectivity index (χ4n) is 5.82. The second kappa shape index (κ2) is 9.46. The van der Waals surface area contributed by atoms with Crippen molar-refractivity contribution in [3.05, 3.63) is 59.3 Å². The van der Waals surface area contributed by atoms with Crippen LogP contribution in [0.1, 0.15) is 43.1 Å². The molecule has 5 heterocycles. The van der Waals surface area contributed by atoms with E-state index in [0.717, 1.165) is 48.3 Å². The van der Waals surface area contributed by atoms with Gasteiger partial charge >= 0.3 is 0 Å². The Morgan fingerprint density at radius 1 is 1.08 bits per heavy atom. The molecule has 1 saturated heterocycles. The molecule has 9 heteroatoms. The molecule has 1 N–H and O–H groups in total. The van der Waals surface area contributed by atoms with Crippen molar-refractivity contribution < 1.29 is 4.39 Å². The number of likely N-dealkylation sites (tertiary alicyclic amines) is 1. The Bertz CT molecular complexity index is 1460. The zero-order valence-corrected chi connectivity index (χ0v) is 21.9. The molecular formula is C28H33FN8. The van der Waals surface area contributed by atoms with Crippen LogP contribution in [-0.2, 0) is 20.0 Å². The molecule has 2 aliphatic heterocycles. The minimum Gasteiger partial charge on any atom is -0.309 e. The van der Waals surface area contributed by atoms with Crippen molar-refractivity contribution >= 4 is 22.7 Å². The number of fused-ring (bicyclic) bond motifs is 2. The number of likely N-dealkylation sites (N-methyl/N-ethyl adjacent to an activating group) is 1. The van der Waals surface area contributed by atoms with Crippen molar-refractivity contribution in [2.75, 3.05) is 32.0 Å². The molecule has 4 aromatic rings. The molecule has 0 radical (unpaired) electrons. The van der Waals surface area contributed by atoms with Crippen LogP contribution in [0.3, 0.4) is 0 Å². The highest BCUT2D eigenvalue weighted by Gasteiger charge is 2.29. The molecule has 0 saturated carbocycles. The van der Waals surface area contributed by atoms with E-state index in [4.69, 9.17) is 4.98 Å². The summed E-state index contributed by atoms with van der Waals surface area (Å²) < 4.78 is 16.8. The standard InChI is InChI=1S/C28H33FN8/c1-17(2)27-21-13-18(5-7-24(21)34-36(27)4)26-22(29)14-30-28(33-26)32-25-8-6-19-15-37(12-10-23(19)31-25)20-9-11-35(3)16-20/h5-8,13-14,17,20H,9-12,15-16H2,1-4H3,(H,30,31,32,33)/t20-/m1/s1. The van der Waals surface area contributed by atoms with Gasteiger partial charge in [-0.15, -0.1) is 0 Å². The van der Waals surface area contributed by atoms with Crippen molar-refractivity contribution in [3.8, 4) is 11.3 Å². The molecule has 1 fully saturated rings. The molecule has 0 unspecified atom stereocenters. The maximum atomic E-state index is 14.9. The Morgan fingerprint density at radius 2 is 1.95 bits per heavy atom. The van der Waals surface area contributed by atoms with Gasteiger partial charge in [0.1, 0.15) is 11.5 Å². The van der Waals surface area contributed by atoms with Crippen LogP contribution in [0.2, 0.25) is 0 Å². The molecule has 6 rings (SSSR count). The number of pyridine rings is 1. The molecule has 192 valence electrons. The zero-order valence-electron chi connectivity index (χ0n) is 21.9. The van der Waals surface area contributed by atoms with Crippen LogP contribution in [0, 0.1) is 5.82 Å². The summed E-state index contributed by atoms with van der Waals surface area (Å²) in [6, 6.07) is 10.5. The van der Waals surface area contributed by atoms with Crippen LogP contribution in [-0.4, -0.2) is 67.3 Å². The highest BCUT2D eigenvalue weighted by Crippen LogP contribution is 2.31. The number of halogens is 1. The van der Waals surface area contributed by atoms with Crippen LogP contribution in [0.25, 0.3) is 22.2 Å². The number of aryl methyl sites for hydroxylation is 1. The first kappa shape index (κ1) is 23.9. The molecule has 0 bridgehead atoms. The first-order chi connectivity index (χ1) is 17.9. The third-order valence-electron chi connectivity index (χ3n) is 7.64. The minimum atomic E-state index is -0.462. The highest BCUT2D eigenvalue weighted by molar-refractivity contribution is 5.86. The van der Waals surface area contributed by atoms with Crippen molar-refractivity contribution in [1.82, 2.24) is 34.5 Å². The molecule has 2 aliphatic rings. The molecule has 8 nitrogen and oxygen atoms in total. The fraction of sp³-hybridized carbons (Fsp3) is 0.429. The van der Waals surface area contributed by atoms with E-state index in [1.807, 2.05) is 36.0 Å². The average Bonchev–Trinajstić information content (AvgIpc) is 3.46. The predicted octanol–water partition coefficient (Wildman–Crippen LogP) is 4.49. The smallest absolute Gasteiger partial charge is 0.229 e. The quantitative estimate of drug-likeness (QED) is 0.433. The zero-order chi connectivity index (χ0) is 25.7. The third-order valence-corrected chi connectivity index (χ3v) is 7.64. The lowest BCUT2D eigenvalue weighted by molar-refractivity contribution is 0.179. The SMILES string of the molecule is CC(C)c1c2cc(-c3nc(Nc4ccc5c(n4)CCN([C@@H]4CCN(C)C4)C5)ncc3F)ccc2nn1C. The Kier molecular flexibility index (Phi) is 6.12. The molecular weight excluding hydrogens is 467 g/mol. The molecule has 3 aromatic heterocycles. The van der Waals surface area contributed by atoms with Gasteiger partial charge in [-0.05, 0) is 49.7 Å². The number of nitrogens with one attached hydrogen (secondary N) is 1. The third kappa shape index (κ3) is 4.57. The Hall–Kier alpha value is -3.43. The largest absolute Gasteiger partial charge is 0.309 e. The molecule has 1 aromatic carbocycles. The van der Waals surface area contributed by atoms with Gasteiger partial charge in [0.25, 0.3) is 0 Å². The maximum absolute atomic E-state index is 14.9. The maximum Gasteiger partial charge on any atom is 0.229 e. The lowest BCUT2D eigenvalue weighted by atomic mass is 10.0. The number of rotatable bonds is 5. The van der Waals surface area contributed by atoms with Gasteiger partial charge in [0, 0.05) is 61.5 Å². The first-order valence-electron chi connectivity index (χ1n) is 13.0. The fourth-order valence-corrected chi connectivity index (χ4v) is 5.82. The van der Waals surface area contributed by atoms with E-state index in [-0.39, 0.29) is 5.69 Å². The van der Waals surface area contributed by atoms with E-state index < -0.39 is 5.82 Å². The van der Waals surface area contributed by atoms with Crippen LogP contribution in [0.5, 0.6) is 0 Å². The van der Waals surface area contributed by atoms with E-state index in [1.165, 1.54) is 24.7 Å². The summed E-state index contributed by atoms with van der Waals surface area (Å²) in [5, 5.41) is 8.80. The summed E-state index contributed by atoms with van der Waals surface area (Å²) in [5.74, 6) is 0.830. The van der Waals surface area contributed by atoms with Gasteiger partial charge in [-0.3, -0.25) is 9.58 Å². The number of nitrogens with zero attached hydrogens (tertiary/aromatic N) is 7. The van der Waals surface area contributed by atoms with Gasteiger partial charge < -0.3 is 10.2 Å². The Morgan fingerprint density at radius 3 is 2.73 bits per heavy atom. The summed E-state index contributed by atoms with van der Waals surface area (Å²) in [4.78, 5) is 18.6. The van der Waals surface area contributed by atoms with Gasteiger partial charge in [0.15, 0.2) is 5.82 Å². The average molecular weight is 501 g/mol. The molecule has 1 atom stereocenters. The number of hydrogen-bond acceptors (Lipinski definition) is 7. The predicted molar refractivity (Wildman–Crippen MR) is 143 cm³/mol. The van der Waals surface area contributed by atoms with E-state index >= 15 is 0 Å². The lowest BCUT2D eigenvalue weighted by Crippen LogP contribution is -2.40. The number of hydrogen-bond donors (Lipinski definition) is 1. The second-order valence-corrected chi connectivity index (χ2v) is 10.6. The number of benzene rings is 1. The molecule has 0 amide bonds. The normalized spacial score (nSPS) is 18.6. The van der Waals surface area contributed by atoms with Gasteiger partial charge in [-0.1, -0.05) is 26.0 Å². The van der Waals surface area contributed by atoms with Crippen molar-refractivity contribution in [2.24, 2.45) is 7.05 Å². The number of anilines is 2. The summed E-state index contributed by atoms with van der Waals surface area (Å²) in [6.45, 7) is 8.53. The summed E-state index contributed by atoms with van der Waals surface area (Å²) in [6.07, 6.45) is 3.37. The van der Waals surface area contributed by atoms with E-state index in [1.54, 1.807) is 0 Å². The second-order valence-electron chi connectivity index (χ2n) is 10.6.